The topological polar surface area (TPSA) is 72.0 Å². The lowest BCUT2D eigenvalue weighted by Crippen LogP contribution is -2.18. The smallest absolute Gasteiger partial charge is 0.408 e. The molecule has 0 saturated heterocycles. The van der Waals surface area contributed by atoms with Gasteiger partial charge in [0.05, 0.1) is 5.52 Å². The standard InChI is InChI=1S/C13H18N2O2/c1-3-4-8(2)12(14)9-5-6-10-11(7-9)17-13(16)15-10/h5-8,12H,3-4,14H2,1-2H3,(H,15,16). The Hall–Kier alpha value is -1.55. The quantitative estimate of drug-likeness (QED) is 0.854. The minimum Gasteiger partial charge on any atom is -0.408 e. The molecule has 4 nitrogen and oxygen atoms in total. The van der Waals surface area contributed by atoms with E-state index >= 15 is 0 Å². The predicted octanol–water partition coefficient (Wildman–Crippen LogP) is 2.56. The molecular formula is C13H18N2O2. The van der Waals surface area contributed by atoms with Crippen LogP contribution in [0.5, 0.6) is 0 Å². The maximum atomic E-state index is 11.1. The average Bonchev–Trinajstić information content (AvgIpc) is 2.67. The highest BCUT2D eigenvalue weighted by molar-refractivity contribution is 5.72. The minimum atomic E-state index is -0.424. The number of aromatic nitrogens is 1. The van der Waals surface area contributed by atoms with Crippen LogP contribution in [0.3, 0.4) is 0 Å². The molecule has 2 aromatic rings. The van der Waals surface area contributed by atoms with Gasteiger partial charge >= 0.3 is 5.76 Å². The molecule has 0 aliphatic carbocycles. The Morgan fingerprint density at radius 3 is 2.94 bits per heavy atom. The highest BCUT2D eigenvalue weighted by atomic mass is 16.4. The Morgan fingerprint density at radius 2 is 2.24 bits per heavy atom. The Labute approximate surface area is 99.8 Å². The van der Waals surface area contributed by atoms with Crippen LogP contribution in [0.15, 0.2) is 27.4 Å². The van der Waals surface area contributed by atoms with Crippen LogP contribution in [-0.4, -0.2) is 4.98 Å². The second kappa shape index (κ2) is 4.75. The summed E-state index contributed by atoms with van der Waals surface area (Å²) in [6.07, 6.45) is 2.21. The SMILES string of the molecule is CCCC(C)C(N)c1ccc2[nH]c(=O)oc2c1. The van der Waals surface area contributed by atoms with Crippen LogP contribution in [0.2, 0.25) is 0 Å². The number of aromatic amines is 1. The van der Waals surface area contributed by atoms with Crippen molar-refractivity contribution >= 4 is 11.1 Å². The van der Waals surface area contributed by atoms with Crippen molar-refractivity contribution in [2.45, 2.75) is 32.7 Å². The molecule has 2 atom stereocenters. The molecule has 3 N–H and O–H groups in total. The largest absolute Gasteiger partial charge is 0.417 e. The summed E-state index contributed by atoms with van der Waals surface area (Å²) in [5.41, 5.74) is 8.50. The molecule has 0 amide bonds. The number of nitrogens with one attached hydrogen (secondary N) is 1. The number of rotatable bonds is 4. The number of hydrogen-bond donors (Lipinski definition) is 2. The van der Waals surface area contributed by atoms with Crippen LogP contribution >= 0.6 is 0 Å². The molecule has 2 unspecified atom stereocenters. The Kier molecular flexibility index (Phi) is 3.33. The van der Waals surface area contributed by atoms with Gasteiger partial charge in [-0.05, 0) is 30.0 Å². The maximum absolute atomic E-state index is 11.1. The van der Waals surface area contributed by atoms with Gasteiger partial charge in [0.1, 0.15) is 0 Å². The van der Waals surface area contributed by atoms with E-state index in [2.05, 4.69) is 18.8 Å². The summed E-state index contributed by atoms with van der Waals surface area (Å²) in [5, 5.41) is 0. The summed E-state index contributed by atoms with van der Waals surface area (Å²) in [4.78, 5) is 13.7. The van der Waals surface area contributed by atoms with E-state index in [1.54, 1.807) is 0 Å². The van der Waals surface area contributed by atoms with E-state index in [0.717, 1.165) is 18.4 Å². The minimum absolute atomic E-state index is 0.0143. The highest BCUT2D eigenvalue weighted by Crippen LogP contribution is 2.25. The monoisotopic (exact) mass is 234 g/mol. The molecule has 17 heavy (non-hydrogen) atoms. The predicted molar refractivity (Wildman–Crippen MR) is 67.8 cm³/mol. The van der Waals surface area contributed by atoms with Gasteiger partial charge in [-0.2, -0.15) is 0 Å². The van der Waals surface area contributed by atoms with Crippen molar-refractivity contribution in [1.82, 2.24) is 4.98 Å². The summed E-state index contributed by atoms with van der Waals surface area (Å²) in [5.74, 6) is -0.00422. The second-order valence-electron chi connectivity index (χ2n) is 4.56. The zero-order chi connectivity index (χ0) is 12.4. The van der Waals surface area contributed by atoms with Crippen molar-refractivity contribution in [3.8, 4) is 0 Å². The van der Waals surface area contributed by atoms with Crippen LogP contribution in [-0.2, 0) is 0 Å². The summed E-state index contributed by atoms with van der Waals surface area (Å²) in [7, 11) is 0. The van der Waals surface area contributed by atoms with Gasteiger partial charge in [-0.1, -0.05) is 26.3 Å². The van der Waals surface area contributed by atoms with Crippen LogP contribution in [0, 0.1) is 5.92 Å². The lowest BCUT2D eigenvalue weighted by Gasteiger charge is -2.19. The van der Waals surface area contributed by atoms with Crippen LogP contribution in [0.4, 0.5) is 0 Å². The van der Waals surface area contributed by atoms with Crippen molar-refractivity contribution in [2.24, 2.45) is 11.7 Å². The van der Waals surface area contributed by atoms with Gasteiger partial charge in [-0.25, -0.2) is 4.79 Å². The number of fused-ring (bicyclic) bond motifs is 1. The van der Waals surface area contributed by atoms with Crippen molar-refractivity contribution in [1.29, 1.82) is 0 Å². The van der Waals surface area contributed by atoms with E-state index < -0.39 is 5.76 Å². The van der Waals surface area contributed by atoms with E-state index in [1.165, 1.54) is 0 Å². The third-order valence-electron chi connectivity index (χ3n) is 3.19. The zero-order valence-corrected chi connectivity index (χ0v) is 10.2. The molecule has 1 aromatic heterocycles. The lowest BCUT2D eigenvalue weighted by atomic mass is 9.92. The molecule has 1 heterocycles. The first-order valence-electron chi connectivity index (χ1n) is 6.00. The maximum Gasteiger partial charge on any atom is 0.417 e. The number of oxazole rings is 1. The Morgan fingerprint density at radius 1 is 1.47 bits per heavy atom. The normalized spacial score (nSPS) is 15.0. The van der Waals surface area contributed by atoms with Crippen molar-refractivity contribution in [3.05, 3.63) is 34.3 Å². The fraction of sp³-hybridized carbons (Fsp3) is 0.462. The van der Waals surface area contributed by atoms with E-state index in [4.69, 9.17) is 10.2 Å². The highest BCUT2D eigenvalue weighted by Gasteiger charge is 2.15. The third kappa shape index (κ3) is 2.42. The number of hydrogen-bond acceptors (Lipinski definition) is 3. The summed E-state index contributed by atoms with van der Waals surface area (Å²) in [6, 6.07) is 5.63. The first-order valence-corrected chi connectivity index (χ1v) is 6.00. The van der Waals surface area contributed by atoms with Gasteiger partial charge in [-0.15, -0.1) is 0 Å². The molecule has 2 rings (SSSR count). The first-order chi connectivity index (χ1) is 8.11. The van der Waals surface area contributed by atoms with Crippen molar-refractivity contribution in [2.75, 3.05) is 0 Å². The van der Waals surface area contributed by atoms with E-state index in [0.29, 0.717) is 17.0 Å². The van der Waals surface area contributed by atoms with Crippen LogP contribution < -0.4 is 11.5 Å². The van der Waals surface area contributed by atoms with Gasteiger partial charge in [0.25, 0.3) is 0 Å². The van der Waals surface area contributed by atoms with Gasteiger partial charge in [-0.3, -0.25) is 4.98 Å². The van der Waals surface area contributed by atoms with Crippen LogP contribution in [0.25, 0.3) is 11.1 Å². The number of benzene rings is 1. The summed E-state index contributed by atoms with van der Waals surface area (Å²) in [6.45, 7) is 4.29. The fourth-order valence-corrected chi connectivity index (χ4v) is 2.13. The average molecular weight is 234 g/mol. The summed E-state index contributed by atoms with van der Waals surface area (Å²) >= 11 is 0. The number of nitrogens with two attached hydrogens (primary N) is 1. The first kappa shape index (κ1) is 11.9. The zero-order valence-electron chi connectivity index (χ0n) is 10.2. The van der Waals surface area contributed by atoms with Gasteiger partial charge in [0.2, 0.25) is 0 Å². The van der Waals surface area contributed by atoms with E-state index in [9.17, 15) is 4.79 Å². The molecule has 0 aliphatic rings. The van der Waals surface area contributed by atoms with E-state index in [-0.39, 0.29) is 6.04 Å². The van der Waals surface area contributed by atoms with Gasteiger partial charge < -0.3 is 10.2 Å². The molecule has 0 spiro atoms. The molecule has 0 fully saturated rings. The van der Waals surface area contributed by atoms with Gasteiger partial charge in [0, 0.05) is 6.04 Å². The summed E-state index contributed by atoms with van der Waals surface area (Å²) < 4.78 is 5.03. The molecule has 1 aromatic carbocycles. The van der Waals surface area contributed by atoms with Gasteiger partial charge in [0.15, 0.2) is 5.58 Å². The van der Waals surface area contributed by atoms with Crippen molar-refractivity contribution in [3.63, 3.8) is 0 Å². The van der Waals surface area contributed by atoms with E-state index in [1.807, 2.05) is 18.2 Å². The molecule has 0 saturated carbocycles. The van der Waals surface area contributed by atoms with Crippen molar-refractivity contribution < 1.29 is 4.42 Å². The fourth-order valence-electron chi connectivity index (χ4n) is 2.13. The molecule has 92 valence electrons. The lowest BCUT2D eigenvalue weighted by molar-refractivity contribution is 0.433. The third-order valence-corrected chi connectivity index (χ3v) is 3.19. The Bertz CT molecular complexity index is 556. The molecule has 4 heteroatoms. The molecular weight excluding hydrogens is 216 g/mol. The molecule has 0 bridgehead atoms. The second-order valence-corrected chi connectivity index (χ2v) is 4.56. The molecule has 0 radical (unpaired) electrons. The number of H-pyrrole nitrogens is 1. The molecule has 0 aliphatic heterocycles. The van der Waals surface area contributed by atoms with Crippen LogP contribution in [0.1, 0.15) is 38.3 Å². The Balaban J connectivity index is 2.32.